The van der Waals surface area contributed by atoms with Gasteiger partial charge in [0.25, 0.3) is 5.69 Å². The van der Waals surface area contributed by atoms with Gasteiger partial charge in [0, 0.05) is 24.7 Å². The number of ether oxygens (including phenoxy) is 2. The highest BCUT2D eigenvalue weighted by molar-refractivity contribution is 5.70. The number of nitro groups is 1. The second kappa shape index (κ2) is 7.91. The number of hydrogen-bond acceptors (Lipinski definition) is 5. The van der Waals surface area contributed by atoms with Crippen molar-refractivity contribution in [2.75, 3.05) is 13.7 Å². The number of carbonyl (C=O) groups is 1. The molecule has 2 aromatic rings. The van der Waals surface area contributed by atoms with Crippen LogP contribution in [0.2, 0.25) is 0 Å². The van der Waals surface area contributed by atoms with Crippen molar-refractivity contribution in [2.24, 2.45) is 0 Å². The van der Waals surface area contributed by atoms with Crippen LogP contribution in [0.1, 0.15) is 5.56 Å². The van der Waals surface area contributed by atoms with E-state index in [0.717, 1.165) is 5.56 Å². The lowest BCUT2D eigenvalue weighted by Gasteiger charge is -2.09. The minimum atomic E-state index is -0.690. The fourth-order valence-corrected chi connectivity index (χ4v) is 2.00. The zero-order valence-electron chi connectivity index (χ0n) is 12.8. The predicted molar refractivity (Wildman–Crippen MR) is 83.8 cm³/mol. The lowest BCUT2D eigenvalue weighted by atomic mass is 10.1. The normalized spacial score (nSPS) is 10.1. The van der Waals surface area contributed by atoms with Crippen molar-refractivity contribution in [3.8, 4) is 11.5 Å². The summed E-state index contributed by atoms with van der Waals surface area (Å²) in [7, 11) is 1.44. The van der Waals surface area contributed by atoms with Gasteiger partial charge in [0.2, 0.25) is 0 Å². The maximum absolute atomic E-state index is 13.1. The number of amides is 1. The fraction of sp³-hybridized carbons (Fsp3) is 0.188. The van der Waals surface area contributed by atoms with Gasteiger partial charge < -0.3 is 14.8 Å². The van der Waals surface area contributed by atoms with Crippen molar-refractivity contribution in [3.63, 3.8) is 0 Å². The van der Waals surface area contributed by atoms with E-state index in [1.165, 1.54) is 43.5 Å². The maximum Gasteiger partial charge on any atom is 0.412 e. The van der Waals surface area contributed by atoms with Crippen LogP contribution in [0.4, 0.5) is 14.9 Å². The Morgan fingerprint density at radius 1 is 1.25 bits per heavy atom. The SMILES string of the molecule is COc1cc(F)ccc1CCNC(=O)Oc1ccc([N+](=O)[O-])cc1. The fourth-order valence-electron chi connectivity index (χ4n) is 2.00. The summed E-state index contributed by atoms with van der Waals surface area (Å²) in [5.41, 5.74) is 0.653. The molecule has 0 saturated carbocycles. The van der Waals surface area contributed by atoms with Crippen LogP contribution in [-0.2, 0) is 6.42 Å². The highest BCUT2D eigenvalue weighted by Gasteiger charge is 2.09. The van der Waals surface area contributed by atoms with Crippen molar-refractivity contribution in [2.45, 2.75) is 6.42 Å². The van der Waals surface area contributed by atoms with Crippen LogP contribution in [0.3, 0.4) is 0 Å². The molecule has 0 aromatic heterocycles. The Balaban J connectivity index is 1.84. The number of nitrogens with zero attached hydrogens (tertiary/aromatic N) is 1. The number of rotatable bonds is 6. The minimum absolute atomic E-state index is 0.0915. The molecular formula is C16H15FN2O5. The predicted octanol–water partition coefficient (Wildman–Crippen LogP) is 3.07. The van der Waals surface area contributed by atoms with Gasteiger partial charge in [0.1, 0.15) is 17.3 Å². The quantitative estimate of drug-likeness (QED) is 0.647. The molecule has 0 unspecified atom stereocenters. The van der Waals surface area contributed by atoms with Crippen LogP contribution in [-0.4, -0.2) is 24.7 Å². The molecule has 126 valence electrons. The zero-order chi connectivity index (χ0) is 17.5. The van der Waals surface area contributed by atoms with Gasteiger partial charge in [0.15, 0.2) is 0 Å². The van der Waals surface area contributed by atoms with E-state index < -0.39 is 16.8 Å². The Morgan fingerprint density at radius 2 is 1.96 bits per heavy atom. The minimum Gasteiger partial charge on any atom is -0.496 e. The second-order valence-electron chi connectivity index (χ2n) is 4.77. The lowest BCUT2D eigenvalue weighted by Crippen LogP contribution is -2.28. The summed E-state index contributed by atoms with van der Waals surface area (Å²) < 4.78 is 23.2. The van der Waals surface area contributed by atoms with Crippen LogP contribution >= 0.6 is 0 Å². The number of benzene rings is 2. The standard InChI is InChI=1S/C16H15FN2O5/c1-23-15-10-12(17)3-2-11(15)8-9-18-16(20)24-14-6-4-13(5-7-14)19(21)22/h2-7,10H,8-9H2,1H3,(H,18,20). The number of halogens is 1. The van der Waals surface area contributed by atoms with Gasteiger partial charge in [0.05, 0.1) is 12.0 Å². The summed E-state index contributed by atoms with van der Waals surface area (Å²) in [5, 5.41) is 13.1. The molecule has 0 saturated heterocycles. The van der Waals surface area contributed by atoms with Crippen LogP contribution < -0.4 is 14.8 Å². The molecule has 0 aliphatic heterocycles. The number of hydrogen-bond donors (Lipinski definition) is 1. The van der Waals surface area contributed by atoms with Crippen LogP contribution in [0.25, 0.3) is 0 Å². The molecule has 1 amide bonds. The maximum atomic E-state index is 13.1. The summed E-state index contributed by atoms with van der Waals surface area (Å²) in [4.78, 5) is 21.7. The average Bonchev–Trinajstić information content (AvgIpc) is 2.56. The summed E-state index contributed by atoms with van der Waals surface area (Å²) in [6.07, 6.45) is -0.260. The average molecular weight is 334 g/mol. The highest BCUT2D eigenvalue weighted by atomic mass is 19.1. The molecule has 2 rings (SSSR count). The molecular weight excluding hydrogens is 319 g/mol. The molecule has 0 heterocycles. The molecule has 24 heavy (non-hydrogen) atoms. The van der Waals surface area contributed by atoms with E-state index in [-0.39, 0.29) is 18.0 Å². The van der Waals surface area contributed by atoms with Crippen molar-refractivity contribution >= 4 is 11.8 Å². The van der Waals surface area contributed by atoms with E-state index in [0.29, 0.717) is 12.2 Å². The summed E-state index contributed by atoms with van der Waals surface area (Å²) in [6, 6.07) is 9.31. The van der Waals surface area contributed by atoms with Crippen molar-refractivity contribution in [1.29, 1.82) is 0 Å². The summed E-state index contributed by atoms with van der Waals surface area (Å²) in [6.45, 7) is 0.258. The molecule has 7 nitrogen and oxygen atoms in total. The third kappa shape index (κ3) is 4.67. The van der Waals surface area contributed by atoms with E-state index >= 15 is 0 Å². The first-order valence-corrected chi connectivity index (χ1v) is 7.02. The van der Waals surface area contributed by atoms with Gasteiger partial charge in [-0.1, -0.05) is 6.07 Å². The molecule has 0 radical (unpaired) electrons. The summed E-state index contributed by atoms with van der Waals surface area (Å²) >= 11 is 0. The third-order valence-corrected chi connectivity index (χ3v) is 3.17. The van der Waals surface area contributed by atoms with E-state index in [1.807, 2.05) is 0 Å². The molecule has 0 fully saturated rings. The largest absolute Gasteiger partial charge is 0.496 e. The monoisotopic (exact) mass is 334 g/mol. The van der Waals surface area contributed by atoms with Crippen molar-refractivity contribution < 1.29 is 23.6 Å². The van der Waals surface area contributed by atoms with Gasteiger partial charge in [-0.25, -0.2) is 9.18 Å². The Morgan fingerprint density at radius 3 is 2.58 bits per heavy atom. The van der Waals surface area contributed by atoms with Crippen molar-refractivity contribution in [1.82, 2.24) is 5.32 Å². The number of nitrogens with one attached hydrogen (secondary N) is 1. The topological polar surface area (TPSA) is 90.7 Å². The lowest BCUT2D eigenvalue weighted by molar-refractivity contribution is -0.384. The Bertz CT molecular complexity index is 734. The number of carbonyl (C=O) groups excluding carboxylic acids is 1. The first-order valence-electron chi connectivity index (χ1n) is 7.02. The third-order valence-electron chi connectivity index (χ3n) is 3.17. The first-order chi connectivity index (χ1) is 11.5. The van der Waals surface area contributed by atoms with Crippen LogP contribution in [0.15, 0.2) is 42.5 Å². The van der Waals surface area contributed by atoms with E-state index in [2.05, 4.69) is 5.32 Å². The molecule has 0 aliphatic carbocycles. The van der Waals surface area contributed by atoms with Gasteiger partial charge >= 0.3 is 6.09 Å². The smallest absolute Gasteiger partial charge is 0.412 e. The van der Waals surface area contributed by atoms with E-state index in [1.54, 1.807) is 6.07 Å². The second-order valence-corrected chi connectivity index (χ2v) is 4.77. The van der Waals surface area contributed by atoms with Gasteiger partial charge in [-0.05, 0) is 30.2 Å². The zero-order valence-corrected chi connectivity index (χ0v) is 12.8. The van der Waals surface area contributed by atoms with Crippen LogP contribution in [0, 0.1) is 15.9 Å². The number of nitro benzene ring substituents is 1. The molecule has 2 aromatic carbocycles. The molecule has 8 heteroatoms. The Labute approximate surface area is 137 Å². The molecule has 1 N–H and O–H groups in total. The van der Waals surface area contributed by atoms with Gasteiger partial charge in [-0.2, -0.15) is 0 Å². The molecule has 0 atom stereocenters. The van der Waals surface area contributed by atoms with E-state index in [4.69, 9.17) is 9.47 Å². The first kappa shape index (κ1) is 17.2. The molecule has 0 aliphatic rings. The highest BCUT2D eigenvalue weighted by Crippen LogP contribution is 2.20. The number of methoxy groups -OCH3 is 1. The van der Waals surface area contributed by atoms with E-state index in [9.17, 15) is 19.3 Å². The number of non-ortho nitro benzene ring substituents is 1. The Hall–Kier alpha value is -3.16. The van der Waals surface area contributed by atoms with Crippen LogP contribution in [0.5, 0.6) is 11.5 Å². The Kier molecular flexibility index (Phi) is 5.67. The van der Waals surface area contributed by atoms with Gasteiger partial charge in [-0.3, -0.25) is 10.1 Å². The summed E-state index contributed by atoms with van der Waals surface area (Å²) in [5.74, 6) is 0.194. The molecule has 0 bridgehead atoms. The molecule has 0 spiro atoms. The van der Waals surface area contributed by atoms with Gasteiger partial charge in [-0.15, -0.1) is 0 Å². The van der Waals surface area contributed by atoms with Crippen molar-refractivity contribution in [3.05, 3.63) is 64.0 Å².